The third-order valence-corrected chi connectivity index (χ3v) is 2.20. The lowest BCUT2D eigenvalue weighted by atomic mass is 10.3. The van der Waals surface area contributed by atoms with E-state index >= 15 is 0 Å². The van der Waals surface area contributed by atoms with Crippen LogP contribution in [0.2, 0.25) is 0 Å². The summed E-state index contributed by atoms with van der Waals surface area (Å²) < 4.78 is 42.6. The number of alkyl halides is 3. The molecule has 0 aliphatic rings. The van der Waals surface area contributed by atoms with Crippen LogP contribution in [0, 0.1) is 0 Å². The van der Waals surface area contributed by atoms with Gasteiger partial charge in [0, 0.05) is 12.4 Å². The van der Waals surface area contributed by atoms with Crippen molar-refractivity contribution in [3.8, 4) is 11.5 Å². The summed E-state index contributed by atoms with van der Waals surface area (Å²) in [6, 6.07) is 1.59. The molecule has 0 saturated carbocycles. The van der Waals surface area contributed by atoms with Gasteiger partial charge < -0.3 is 4.52 Å². The van der Waals surface area contributed by atoms with Crippen LogP contribution in [-0.4, -0.2) is 24.7 Å². The standard InChI is InChI=1S/C9H4F3N5O/c10-9(11,12)8-15-7(16-18-8)6-5-1-2-14-17(5)4-3-13-6/h1-4H. The second-order valence-corrected chi connectivity index (χ2v) is 3.36. The van der Waals surface area contributed by atoms with Crippen LogP contribution in [0.1, 0.15) is 5.89 Å². The average Bonchev–Trinajstić information content (AvgIpc) is 2.96. The highest BCUT2D eigenvalue weighted by Crippen LogP contribution is 2.29. The summed E-state index contributed by atoms with van der Waals surface area (Å²) in [6.45, 7) is 0. The zero-order chi connectivity index (χ0) is 12.8. The van der Waals surface area contributed by atoms with E-state index in [0.717, 1.165) is 0 Å². The molecule has 92 valence electrons. The first-order valence-corrected chi connectivity index (χ1v) is 4.75. The van der Waals surface area contributed by atoms with Crippen molar-refractivity contribution < 1.29 is 17.7 Å². The zero-order valence-corrected chi connectivity index (χ0v) is 8.59. The molecule has 0 aliphatic heterocycles. The lowest BCUT2D eigenvalue weighted by Gasteiger charge is -1.97. The fourth-order valence-electron chi connectivity index (χ4n) is 1.46. The maximum absolute atomic E-state index is 12.3. The molecule has 18 heavy (non-hydrogen) atoms. The summed E-state index contributed by atoms with van der Waals surface area (Å²) in [4.78, 5) is 7.21. The van der Waals surface area contributed by atoms with E-state index in [9.17, 15) is 13.2 Å². The summed E-state index contributed by atoms with van der Waals surface area (Å²) in [5, 5.41) is 7.20. The maximum atomic E-state index is 12.3. The minimum absolute atomic E-state index is 0.175. The second kappa shape index (κ2) is 3.52. The largest absolute Gasteiger partial charge is 0.471 e. The van der Waals surface area contributed by atoms with Crippen molar-refractivity contribution in [1.82, 2.24) is 24.7 Å². The number of fused-ring (bicyclic) bond motifs is 1. The van der Waals surface area contributed by atoms with Gasteiger partial charge in [0.2, 0.25) is 5.82 Å². The van der Waals surface area contributed by atoms with Crippen molar-refractivity contribution in [3.63, 3.8) is 0 Å². The maximum Gasteiger partial charge on any atom is 0.471 e. The number of nitrogens with zero attached hydrogens (tertiary/aromatic N) is 5. The van der Waals surface area contributed by atoms with E-state index in [2.05, 4.69) is 24.7 Å². The van der Waals surface area contributed by atoms with Crippen LogP contribution in [0.4, 0.5) is 13.2 Å². The predicted octanol–water partition coefficient (Wildman–Crippen LogP) is 1.80. The summed E-state index contributed by atoms with van der Waals surface area (Å²) in [7, 11) is 0. The lowest BCUT2D eigenvalue weighted by Crippen LogP contribution is -2.05. The molecule has 3 rings (SSSR count). The first-order chi connectivity index (χ1) is 8.55. The van der Waals surface area contributed by atoms with Gasteiger partial charge in [0.1, 0.15) is 5.69 Å². The molecule has 9 heteroatoms. The summed E-state index contributed by atoms with van der Waals surface area (Å²) in [5.74, 6) is -1.63. The molecule has 0 unspecified atom stereocenters. The van der Waals surface area contributed by atoms with Gasteiger partial charge in [-0.25, -0.2) is 9.50 Å². The van der Waals surface area contributed by atoms with E-state index in [1.165, 1.54) is 16.9 Å². The Labute approximate surface area is 97.1 Å². The Kier molecular flexibility index (Phi) is 2.09. The molecule has 0 amide bonds. The van der Waals surface area contributed by atoms with Gasteiger partial charge in [0.25, 0.3) is 0 Å². The van der Waals surface area contributed by atoms with E-state index in [-0.39, 0.29) is 11.5 Å². The highest BCUT2D eigenvalue weighted by Gasteiger charge is 2.38. The van der Waals surface area contributed by atoms with Crippen LogP contribution in [-0.2, 0) is 6.18 Å². The van der Waals surface area contributed by atoms with E-state index in [1.54, 1.807) is 12.3 Å². The number of hydrogen-bond donors (Lipinski definition) is 0. The molecule has 3 aromatic heterocycles. The third kappa shape index (κ3) is 1.60. The van der Waals surface area contributed by atoms with Crippen molar-refractivity contribution >= 4 is 5.52 Å². The van der Waals surface area contributed by atoms with Gasteiger partial charge in [-0.3, -0.25) is 0 Å². The van der Waals surface area contributed by atoms with Gasteiger partial charge in [0.15, 0.2) is 0 Å². The van der Waals surface area contributed by atoms with Crippen LogP contribution in [0.5, 0.6) is 0 Å². The highest BCUT2D eigenvalue weighted by molar-refractivity contribution is 5.71. The molecule has 0 bridgehead atoms. The quantitative estimate of drug-likeness (QED) is 0.663. The minimum atomic E-state index is -4.67. The van der Waals surface area contributed by atoms with Crippen LogP contribution in [0.15, 0.2) is 29.2 Å². The third-order valence-electron chi connectivity index (χ3n) is 2.20. The SMILES string of the molecule is FC(F)(F)c1nc(-c2nccn3nccc23)no1. The molecule has 0 saturated heterocycles. The molecular formula is C9H4F3N5O. The molecular weight excluding hydrogens is 251 g/mol. The van der Waals surface area contributed by atoms with Gasteiger partial charge in [0.05, 0.1) is 11.7 Å². The van der Waals surface area contributed by atoms with Gasteiger partial charge in [-0.2, -0.15) is 23.3 Å². The Morgan fingerprint density at radius 3 is 2.78 bits per heavy atom. The normalized spacial score (nSPS) is 12.2. The summed E-state index contributed by atoms with van der Waals surface area (Å²) in [6.07, 6.45) is -0.232. The first-order valence-electron chi connectivity index (χ1n) is 4.75. The molecule has 3 heterocycles. The number of rotatable bonds is 1. The Balaban J connectivity index is 2.15. The highest BCUT2D eigenvalue weighted by atomic mass is 19.4. The Hall–Kier alpha value is -2.45. The molecule has 0 radical (unpaired) electrons. The monoisotopic (exact) mass is 255 g/mol. The second-order valence-electron chi connectivity index (χ2n) is 3.36. The zero-order valence-electron chi connectivity index (χ0n) is 8.59. The minimum Gasteiger partial charge on any atom is -0.329 e. The van der Waals surface area contributed by atoms with E-state index in [0.29, 0.717) is 5.52 Å². The number of hydrogen-bond acceptors (Lipinski definition) is 5. The molecule has 0 N–H and O–H groups in total. The fraction of sp³-hybridized carbons (Fsp3) is 0.111. The van der Waals surface area contributed by atoms with Crippen LogP contribution < -0.4 is 0 Å². The topological polar surface area (TPSA) is 69.1 Å². The first kappa shape index (κ1) is 10.7. The molecule has 0 spiro atoms. The van der Waals surface area contributed by atoms with Crippen LogP contribution in [0.25, 0.3) is 17.0 Å². The lowest BCUT2D eigenvalue weighted by molar-refractivity contribution is -0.159. The van der Waals surface area contributed by atoms with Gasteiger partial charge in [-0.05, 0) is 6.07 Å². The van der Waals surface area contributed by atoms with E-state index in [4.69, 9.17) is 0 Å². The Bertz CT molecular complexity index is 701. The summed E-state index contributed by atoms with van der Waals surface area (Å²) >= 11 is 0. The average molecular weight is 255 g/mol. The molecule has 0 aromatic carbocycles. The predicted molar refractivity (Wildman–Crippen MR) is 51.3 cm³/mol. The van der Waals surface area contributed by atoms with Gasteiger partial charge >= 0.3 is 12.1 Å². The van der Waals surface area contributed by atoms with Crippen LogP contribution in [0.3, 0.4) is 0 Å². The van der Waals surface area contributed by atoms with Crippen molar-refractivity contribution in [2.75, 3.05) is 0 Å². The Morgan fingerprint density at radius 1 is 1.22 bits per heavy atom. The van der Waals surface area contributed by atoms with E-state index < -0.39 is 12.1 Å². The van der Waals surface area contributed by atoms with E-state index in [1.807, 2.05) is 0 Å². The molecule has 0 atom stereocenters. The van der Waals surface area contributed by atoms with Crippen molar-refractivity contribution in [1.29, 1.82) is 0 Å². The summed E-state index contributed by atoms with van der Waals surface area (Å²) in [5.41, 5.74) is 0.668. The Morgan fingerprint density at radius 2 is 2.06 bits per heavy atom. The van der Waals surface area contributed by atoms with Crippen molar-refractivity contribution in [3.05, 3.63) is 30.5 Å². The number of aromatic nitrogens is 5. The van der Waals surface area contributed by atoms with Crippen molar-refractivity contribution in [2.45, 2.75) is 6.18 Å². The molecule has 6 nitrogen and oxygen atoms in total. The molecule has 3 aromatic rings. The van der Waals surface area contributed by atoms with Crippen LogP contribution >= 0.6 is 0 Å². The molecule has 0 aliphatic carbocycles. The fourth-order valence-corrected chi connectivity index (χ4v) is 1.46. The molecule has 0 fully saturated rings. The number of halogens is 3. The van der Waals surface area contributed by atoms with Gasteiger partial charge in [-0.15, -0.1) is 0 Å². The smallest absolute Gasteiger partial charge is 0.329 e. The van der Waals surface area contributed by atoms with Crippen molar-refractivity contribution in [2.24, 2.45) is 0 Å². The van der Waals surface area contributed by atoms with Gasteiger partial charge in [-0.1, -0.05) is 5.16 Å².